The summed E-state index contributed by atoms with van der Waals surface area (Å²) in [6, 6.07) is 5.95. The summed E-state index contributed by atoms with van der Waals surface area (Å²) < 4.78 is 23.5. The maximum atomic E-state index is 13.7. The minimum Gasteiger partial charge on any atom is -0.497 e. The van der Waals surface area contributed by atoms with E-state index in [-0.39, 0.29) is 23.0 Å². The molecule has 1 aromatic carbocycles. The number of ether oxygens (including phenoxy) is 1. The van der Waals surface area contributed by atoms with Crippen molar-refractivity contribution in [1.82, 2.24) is 4.98 Å². The second-order valence-corrected chi connectivity index (χ2v) is 3.19. The molecule has 0 saturated carbocycles. The fourth-order valence-corrected chi connectivity index (χ4v) is 1.32. The molecule has 1 aromatic heterocycles. The monoisotopic (exact) mass is 233 g/mol. The second kappa shape index (κ2) is 4.14. The third-order valence-corrected chi connectivity index (χ3v) is 2.17. The highest BCUT2D eigenvalue weighted by atomic mass is 19.1. The summed E-state index contributed by atoms with van der Waals surface area (Å²) in [6.07, 6.45) is 0. The first-order valence-electron chi connectivity index (χ1n) is 4.66. The maximum absolute atomic E-state index is 13.7. The average molecular weight is 233 g/mol. The molecule has 2 rings (SSSR count). The van der Waals surface area contributed by atoms with Gasteiger partial charge in [0, 0.05) is 6.07 Å². The predicted octanol–water partition coefficient (Wildman–Crippen LogP) is 1.94. The van der Waals surface area contributed by atoms with Crippen molar-refractivity contribution in [3.8, 4) is 23.3 Å². The van der Waals surface area contributed by atoms with E-state index in [0.29, 0.717) is 5.75 Å². The van der Waals surface area contributed by atoms with Crippen LogP contribution in [0.1, 0.15) is 5.69 Å². The van der Waals surface area contributed by atoms with Gasteiger partial charge in [0.25, 0.3) is 0 Å². The summed E-state index contributed by atoms with van der Waals surface area (Å²) in [5.41, 5.74) is 5.46. The van der Waals surface area contributed by atoms with Gasteiger partial charge in [0.2, 0.25) is 17.5 Å². The van der Waals surface area contributed by atoms with Crippen molar-refractivity contribution in [3.63, 3.8) is 0 Å². The van der Waals surface area contributed by atoms with Gasteiger partial charge in [-0.25, -0.2) is 4.39 Å². The van der Waals surface area contributed by atoms with Gasteiger partial charge in [-0.15, -0.1) is 0 Å². The number of benzene rings is 1. The molecular formula is C11H8FN3O2. The minimum atomic E-state index is -0.560. The number of nitrogens with two attached hydrogens (primary N) is 1. The maximum Gasteiger partial charge on any atom is 0.233 e. The third kappa shape index (κ3) is 1.90. The largest absolute Gasteiger partial charge is 0.497 e. The molecule has 17 heavy (non-hydrogen) atoms. The smallest absolute Gasteiger partial charge is 0.233 e. The number of aromatic nitrogens is 1. The quantitative estimate of drug-likeness (QED) is 0.856. The molecule has 86 valence electrons. The van der Waals surface area contributed by atoms with Gasteiger partial charge in [0.15, 0.2) is 0 Å². The van der Waals surface area contributed by atoms with E-state index in [9.17, 15) is 4.39 Å². The number of methoxy groups -OCH3 is 1. The number of nitrogen functional groups attached to an aromatic ring is 1. The summed E-state index contributed by atoms with van der Waals surface area (Å²) in [5.74, 6) is -0.335. The Morgan fingerprint density at radius 3 is 2.82 bits per heavy atom. The van der Waals surface area contributed by atoms with Crippen LogP contribution in [0.5, 0.6) is 5.75 Å². The lowest BCUT2D eigenvalue weighted by atomic mass is 10.2. The standard InChI is InChI=1S/C11H8FN3O2/c1-16-6-2-3-7(8(12)4-6)11-15-9(5-13)10(14)17-11/h2-4H,14H2,1H3. The average Bonchev–Trinajstić information content (AvgIpc) is 2.70. The number of anilines is 1. The molecule has 2 aromatic rings. The zero-order chi connectivity index (χ0) is 12.4. The van der Waals surface area contributed by atoms with E-state index in [1.165, 1.54) is 19.2 Å². The Hall–Kier alpha value is -2.55. The summed E-state index contributed by atoms with van der Waals surface area (Å²) in [7, 11) is 1.44. The Labute approximate surface area is 96.2 Å². The lowest BCUT2D eigenvalue weighted by Gasteiger charge is -2.01. The van der Waals surface area contributed by atoms with Gasteiger partial charge >= 0.3 is 0 Å². The first kappa shape index (κ1) is 11.0. The van der Waals surface area contributed by atoms with E-state index in [1.54, 1.807) is 12.1 Å². The van der Waals surface area contributed by atoms with Crippen molar-refractivity contribution < 1.29 is 13.5 Å². The van der Waals surface area contributed by atoms with Gasteiger partial charge in [0.1, 0.15) is 17.6 Å². The van der Waals surface area contributed by atoms with Crippen LogP contribution in [0.4, 0.5) is 10.3 Å². The molecule has 5 nitrogen and oxygen atoms in total. The molecule has 0 amide bonds. The third-order valence-electron chi connectivity index (χ3n) is 2.17. The molecule has 0 aliphatic heterocycles. The van der Waals surface area contributed by atoms with Crippen LogP contribution in [0.15, 0.2) is 22.6 Å². The van der Waals surface area contributed by atoms with Gasteiger partial charge in [0.05, 0.1) is 12.7 Å². The van der Waals surface area contributed by atoms with E-state index in [0.717, 1.165) is 0 Å². The topological polar surface area (TPSA) is 85.1 Å². The zero-order valence-electron chi connectivity index (χ0n) is 8.90. The number of nitriles is 1. The predicted molar refractivity (Wildman–Crippen MR) is 57.6 cm³/mol. The van der Waals surface area contributed by atoms with Gasteiger partial charge in [-0.2, -0.15) is 10.2 Å². The fraction of sp³-hybridized carbons (Fsp3) is 0.0909. The van der Waals surface area contributed by atoms with Gasteiger partial charge in [-0.05, 0) is 12.1 Å². The molecule has 0 fully saturated rings. The Morgan fingerprint density at radius 1 is 1.53 bits per heavy atom. The summed E-state index contributed by atoms with van der Waals surface area (Å²) in [5, 5.41) is 8.66. The van der Waals surface area contributed by atoms with Crippen LogP contribution in [-0.4, -0.2) is 12.1 Å². The van der Waals surface area contributed by atoms with Crippen LogP contribution >= 0.6 is 0 Å². The first-order chi connectivity index (χ1) is 8.15. The number of rotatable bonds is 2. The normalized spacial score (nSPS) is 9.94. The SMILES string of the molecule is COc1ccc(-c2nc(C#N)c(N)o2)c(F)c1. The van der Waals surface area contributed by atoms with Crippen LogP contribution in [0, 0.1) is 17.1 Å². The number of hydrogen-bond acceptors (Lipinski definition) is 5. The van der Waals surface area contributed by atoms with Crippen LogP contribution < -0.4 is 10.5 Å². The Morgan fingerprint density at radius 2 is 2.29 bits per heavy atom. The molecule has 0 atom stereocenters. The van der Waals surface area contributed by atoms with Crippen molar-refractivity contribution in [2.45, 2.75) is 0 Å². The number of nitrogens with zero attached hydrogens (tertiary/aromatic N) is 2. The molecule has 6 heteroatoms. The van der Waals surface area contributed by atoms with Crippen LogP contribution in [0.25, 0.3) is 11.5 Å². The highest BCUT2D eigenvalue weighted by Gasteiger charge is 2.15. The Kier molecular flexibility index (Phi) is 2.66. The van der Waals surface area contributed by atoms with Gasteiger partial charge in [-0.3, -0.25) is 0 Å². The molecule has 0 aliphatic rings. The van der Waals surface area contributed by atoms with Gasteiger partial charge in [-0.1, -0.05) is 0 Å². The second-order valence-electron chi connectivity index (χ2n) is 3.19. The van der Waals surface area contributed by atoms with Crippen LogP contribution in [0.2, 0.25) is 0 Å². The minimum absolute atomic E-state index is 0.0285. The highest BCUT2D eigenvalue weighted by molar-refractivity contribution is 5.59. The lowest BCUT2D eigenvalue weighted by molar-refractivity contribution is 0.411. The molecular weight excluding hydrogens is 225 g/mol. The molecule has 2 N–H and O–H groups in total. The molecule has 0 unspecified atom stereocenters. The summed E-state index contributed by atoms with van der Waals surface area (Å²) in [4.78, 5) is 3.78. The van der Waals surface area contributed by atoms with E-state index >= 15 is 0 Å². The van der Waals surface area contributed by atoms with Crippen LogP contribution in [0.3, 0.4) is 0 Å². The van der Waals surface area contributed by atoms with E-state index < -0.39 is 5.82 Å². The Balaban J connectivity index is 2.50. The molecule has 1 heterocycles. The van der Waals surface area contributed by atoms with Gasteiger partial charge < -0.3 is 14.9 Å². The molecule has 0 saturated heterocycles. The van der Waals surface area contributed by atoms with Crippen LogP contribution in [-0.2, 0) is 0 Å². The number of hydrogen-bond donors (Lipinski definition) is 1. The van der Waals surface area contributed by atoms with Crippen molar-refractivity contribution >= 4 is 5.88 Å². The van der Waals surface area contributed by atoms with Crippen molar-refractivity contribution in [3.05, 3.63) is 29.7 Å². The van der Waals surface area contributed by atoms with E-state index in [4.69, 9.17) is 20.1 Å². The van der Waals surface area contributed by atoms with Crippen molar-refractivity contribution in [2.24, 2.45) is 0 Å². The molecule has 0 bridgehead atoms. The Bertz CT molecular complexity index is 601. The molecule has 0 aliphatic carbocycles. The summed E-state index contributed by atoms with van der Waals surface area (Å²) >= 11 is 0. The van der Waals surface area contributed by atoms with E-state index in [2.05, 4.69) is 4.98 Å². The van der Waals surface area contributed by atoms with Crippen molar-refractivity contribution in [2.75, 3.05) is 12.8 Å². The van der Waals surface area contributed by atoms with E-state index in [1.807, 2.05) is 0 Å². The molecule has 0 radical (unpaired) electrons. The highest BCUT2D eigenvalue weighted by Crippen LogP contribution is 2.27. The van der Waals surface area contributed by atoms with Crippen molar-refractivity contribution in [1.29, 1.82) is 5.26 Å². The number of halogens is 1. The lowest BCUT2D eigenvalue weighted by Crippen LogP contribution is -1.88. The summed E-state index contributed by atoms with van der Waals surface area (Å²) in [6.45, 7) is 0. The zero-order valence-corrected chi connectivity index (χ0v) is 8.90. The fourth-order valence-electron chi connectivity index (χ4n) is 1.32. The molecule has 0 spiro atoms. The first-order valence-corrected chi connectivity index (χ1v) is 4.66. The number of oxazole rings is 1.